The average Bonchev–Trinajstić information content (AvgIpc) is 3.05. The van der Waals surface area contributed by atoms with Gasteiger partial charge >= 0.3 is 0 Å². The Morgan fingerprint density at radius 2 is 2.32 bits per heavy atom. The lowest BCUT2D eigenvalue weighted by atomic mass is 9.87. The molecule has 2 aromatic rings. The first kappa shape index (κ1) is 19.8. The lowest BCUT2D eigenvalue weighted by molar-refractivity contribution is 0.0483. The second kappa shape index (κ2) is 7.72. The molecule has 0 saturated carbocycles. The number of carbonyl (C=O) groups is 1. The van der Waals surface area contributed by atoms with Crippen LogP contribution in [0.15, 0.2) is 24.3 Å². The standard InChI is InChI=1S/C17H17Cl2N5O2S2/c1-24-16(20)23-17(5-6-26-8-11(17)28-24)14-9(18)7-10(27-14)15(25)22-13-4-2-3-12(19)21-13/h2-4,7,11H,5-6,8H2,1H3,(H2,20,23)(H,21,22,25). The molecule has 2 fully saturated rings. The van der Waals surface area contributed by atoms with E-state index in [-0.39, 0.29) is 11.2 Å². The zero-order valence-electron chi connectivity index (χ0n) is 14.8. The van der Waals surface area contributed by atoms with E-state index in [1.54, 1.807) is 40.5 Å². The number of hydrogen-bond donors (Lipinski definition) is 3. The fraction of sp³-hybridized carbons (Fsp3) is 0.353. The van der Waals surface area contributed by atoms with Crippen molar-refractivity contribution in [1.29, 1.82) is 5.41 Å². The predicted molar refractivity (Wildman–Crippen MR) is 114 cm³/mol. The number of carbonyl (C=O) groups excluding carboxylic acids is 1. The van der Waals surface area contributed by atoms with Crippen LogP contribution in [0.2, 0.25) is 10.2 Å². The van der Waals surface area contributed by atoms with Gasteiger partial charge in [-0.25, -0.2) is 4.98 Å². The summed E-state index contributed by atoms with van der Waals surface area (Å²) in [6, 6.07) is 6.69. The summed E-state index contributed by atoms with van der Waals surface area (Å²) in [6.07, 6.45) is 0.665. The summed E-state index contributed by atoms with van der Waals surface area (Å²) < 4.78 is 7.43. The molecule has 28 heavy (non-hydrogen) atoms. The molecule has 11 heteroatoms. The highest BCUT2D eigenvalue weighted by Gasteiger charge is 2.50. The van der Waals surface area contributed by atoms with Crippen molar-refractivity contribution in [1.82, 2.24) is 14.6 Å². The van der Waals surface area contributed by atoms with Crippen LogP contribution in [0.1, 0.15) is 21.0 Å². The van der Waals surface area contributed by atoms with Gasteiger partial charge in [-0.2, -0.15) is 0 Å². The van der Waals surface area contributed by atoms with E-state index in [1.165, 1.54) is 11.3 Å². The Bertz CT molecular complexity index is 940. The molecule has 4 rings (SSSR count). The summed E-state index contributed by atoms with van der Waals surface area (Å²) in [7, 11) is 1.84. The molecule has 2 saturated heterocycles. The summed E-state index contributed by atoms with van der Waals surface area (Å²) in [4.78, 5) is 18.1. The molecule has 0 aliphatic carbocycles. The van der Waals surface area contributed by atoms with Crippen molar-refractivity contribution in [2.45, 2.75) is 17.2 Å². The summed E-state index contributed by atoms with van der Waals surface area (Å²) >= 11 is 15.3. The molecule has 0 bridgehead atoms. The van der Waals surface area contributed by atoms with Gasteiger partial charge in [0.25, 0.3) is 5.91 Å². The van der Waals surface area contributed by atoms with Crippen molar-refractivity contribution in [3.8, 4) is 0 Å². The van der Waals surface area contributed by atoms with Crippen LogP contribution in [-0.2, 0) is 10.3 Å². The summed E-state index contributed by atoms with van der Waals surface area (Å²) in [5.74, 6) is 0.380. The zero-order chi connectivity index (χ0) is 19.9. The van der Waals surface area contributed by atoms with Gasteiger partial charge in [-0.05, 0) is 30.1 Å². The monoisotopic (exact) mass is 457 g/mol. The molecular formula is C17H17Cl2N5O2S2. The van der Waals surface area contributed by atoms with E-state index in [0.717, 1.165) is 4.88 Å². The Kier molecular flexibility index (Phi) is 5.45. The lowest BCUT2D eigenvalue weighted by Gasteiger charge is -2.49. The molecule has 0 spiro atoms. The van der Waals surface area contributed by atoms with Gasteiger partial charge in [0.2, 0.25) is 5.96 Å². The highest BCUT2D eigenvalue weighted by atomic mass is 35.5. The molecule has 0 radical (unpaired) electrons. The van der Waals surface area contributed by atoms with Crippen LogP contribution in [0.5, 0.6) is 0 Å². The Hall–Kier alpha value is -1.52. The SMILES string of the molecule is CN1SC2COCCC2(c2sc(C(=O)Nc3cccc(Cl)n3)cc2Cl)NC1=N. The number of pyridine rings is 1. The Balaban J connectivity index is 1.64. The maximum absolute atomic E-state index is 12.7. The summed E-state index contributed by atoms with van der Waals surface area (Å²) in [5, 5.41) is 15.2. The van der Waals surface area contributed by atoms with Crippen LogP contribution < -0.4 is 10.6 Å². The number of thiophene rings is 1. The van der Waals surface area contributed by atoms with E-state index in [0.29, 0.717) is 46.5 Å². The van der Waals surface area contributed by atoms with Gasteiger partial charge in [0.05, 0.1) is 32.2 Å². The maximum Gasteiger partial charge on any atom is 0.266 e. The number of nitrogens with zero attached hydrogens (tertiary/aromatic N) is 2. The van der Waals surface area contributed by atoms with Crippen molar-refractivity contribution in [3.63, 3.8) is 0 Å². The molecule has 2 aliphatic heterocycles. The summed E-state index contributed by atoms with van der Waals surface area (Å²) in [6.45, 7) is 1.10. The Morgan fingerprint density at radius 1 is 1.50 bits per heavy atom. The number of halogens is 2. The number of aromatic nitrogens is 1. The number of ether oxygens (including phenoxy) is 1. The lowest BCUT2D eigenvalue weighted by Crippen LogP contribution is -2.63. The molecule has 2 atom stereocenters. The highest BCUT2D eigenvalue weighted by molar-refractivity contribution is 7.98. The number of hydrogen-bond acceptors (Lipinski definition) is 6. The van der Waals surface area contributed by atoms with Gasteiger partial charge in [-0.3, -0.25) is 14.5 Å². The molecule has 148 valence electrons. The third-order valence-electron chi connectivity index (χ3n) is 4.67. The van der Waals surface area contributed by atoms with E-state index in [2.05, 4.69) is 15.6 Å². The molecule has 0 aromatic carbocycles. The molecule has 4 heterocycles. The minimum Gasteiger partial charge on any atom is -0.380 e. The third kappa shape index (κ3) is 3.57. The Morgan fingerprint density at radius 3 is 3.11 bits per heavy atom. The van der Waals surface area contributed by atoms with Crippen molar-refractivity contribution in [2.24, 2.45) is 0 Å². The molecule has 3 N–H and O–H groups in total. The first-order chi connectivity index (χ1) is 13.4. The van der Waals surface area contributed by atoms with E-state index in [1.807, 2.05) is 7.05 Å². The first-order valence-corrected chi connectivity index (χ1v) is 10.9. The molecule has 2 unspecified atom stereocenters. The smallest absolute Gasteiger partial charge is 0.266 e. The molecule has 2 aromatic heterocycles. The second-order valence-corrected chi connectivity index (χ2v) is 9.62. The van der Waals surface area contributed by atoms with Crippen LogP contribution in [0.25, 0.3) is 0 Å². The number of fused-ring (bicyclic) bond motifs is 1. The van der Waals surface area contributed by atoms with Gasteiger partial charge < -0.3 is 15.4 Å². The van der Waals surface area contributed by atoms with Crippen LogP contribution >= 0.6 is 46.5 Å². The van der Waals surface area contributed by atoms with Crippen molar-refractivity contribution in [2.75, 3.05) is 25.6 Å². The number of amides is 1. The van der Waals surface area contributed by atoms with Crippen LogP contribution in [0.4, 0.5) is 5.82 Å². The highest BCUT2D eigenvalue weighted by Crippen LogP contribution is 2.48. The number of guanidine groups is 1. The number of rotatable bonds is 3. The first-order valence-electron chi connectivity index (χ1n) is 8.48. The maximum atomic E-state index is 12.7. The van der Waals surface area contributed by atoms with Crippen LogP contribution in [0.3, 0.4) is 0 Å². The molecule has 2 aliphatic rings. The number of anilines is 1. The van der Waals surface area contributed by atoms with Crippen LogP contribution in [0, 0.1) is 5.41 Å². The largest absolute Gasteiger partial charge is 0.380 e. The topological polar surface area (TPSA) is 90.3 Å². The zero-order valence-corrected chi connectivity index (χ0v) is 17.9. The normalized spacial score (nSPS) is 24.5. The fourth-order valence-electron chi connectivity index (χ4n) is 3.28. The fourth-order valence-corrected chi connectivity index (χ4v) is 6.32. The minimum absolute atomic E-state index is 0.0435. The van der Waals surface area contributed by atoms with Crippen molar-refractivity contribution < 1.29 is 9.53 Å². The minimum atomic E-state index is -0.541. The Labute approximate surface area is 180 Å². The predicted octanol–water partition coefficient (Wildman–Crippen LogP) is 3.80. The third-order valence-corrected chi connectivity index (χ3v) is 7.90. The van der Waals surface area contributed by atoms with E-state index >= 15 is 0 Å². The average molecular weight is 458 g/mol. The van der Waals surface area contributed by atoms with Gasteiger partial charge in [0.15, 0.2) is 0 Å². The van der Waals surface area contributed by atoms with Crippen molar-refractivity contribution >= 4 is 64.2 Å². The summed E-state index contributed by atoms with van der Waals surface area (Å²) in [5.41, 5.74) is -0.541. The van der Waals surface area contributed by atoms with Gasteiger partial charge in [0, 0.05) is 20.1 Å². The van der Waals surface area contributed by atoms with Crippen LogP contribution in [-0.4, -0.2) is 46.7 Å². The van der Waals surface area contributed by atoms with Gasteiger partial charge in [0.1, 0.15) is 11.0 Å². The van der Waals surface area contributed by atoms with Crippen molar-refractivity contribution in [3.05, 3.63) is 44.2 Å². The van der Waals surface area contributed by atoms with Gasteiger partial charge in [-0.15, -0.1) is 11.3 Å². The molecule has 7 nitrogen and oxygen atoms in total. The van der Waals surface area contributed by atoms with Gasteiger partial charge in [-0.1, -0.05) is 29.3 Å². The molecule has 1 amide bonds. The van der Waals surface area contributed by atoms with E-state index in [9.17, 15) is 4.79 Å². The van der Waals surface area contributed by atoms with E-state index in [4.69, 9.17) is 33.3 Å². The van der Waals surface area contributed by atoms with E-state index < -0.39 is 5.54 Å². The quantitative estimate of drug-likeness (QED) is 0.479. The number of nitrogens with one attached hydrogen (secondary N) is 3. The second-order valence-electron chi connectivity index (χ2n) is 6.45. The molecular weight excluding hydrogens is 441 g/mol.